The van der Waals surface area contributed by atoms with Gasteiger partial charge in [0.2, 0.25) is 0 Å². The van der Waals surface area contributed by atoms with E-state index in [0.29, 0.717) is 0 Å². The van der Waals surface area contributed by atoms with Crippen LogP contribution >= 0.6 is 0 Å². The van der Waals surface area contributed by atoms with Gasteiger partial charge in [-0.05, 0) is 6.92 Å². The molecule has 6 heteroatoms. The maximum absolute atomic E-state index is 11.5. The van der Waals surface area contributed by atoms with E-state index in [1.165, 1.54) is 21.3 Å². The van der Waals surface area contributed by atoms with Crippen molar-refractivity contribution >= 4 is 5.91 Å². The van der Waals surface area contributed by atoms with Crippen LogP contribution in [-0.4, -0.2) is 52.2 Å². The quantitative estimate of drug-likeness (QED) is 0.542. The van der Waals surface area contributed by atoms with Crippen LogP contribution in [0.5, 0.6) is 0 Å². The maximum atomic E-state index is 11.5. The highest BCUT2D eigenvalue weighted by atomic mass is 16.7. The molecule has 0 radical (unpaired) electrons. The fourth-order valence-electron chi connectivity index (χ4n) is 1.20. The predicted molar refractivity (Wildman–Crippen MR) is 55.3 cm³/mol. The lowest BCUT2D eigenvalue weighted by Crippen LogP contribution is -2.49. The van der Waals surface area contributed by atoms with Gasteiger partial charge in [0.25, 0.3) is 5.91 Å². The van der Waals surface area contributed by atoms with Crippen molar-refractivity contribution in [1.82, 2.24) is 5.32 Å². The Morgan fingerprint density at radius 1 is 1.27 bits per heavy atom. The Morgan fingerprint density at radius 2 is 1.80 bits per heavy atom. The first-order valence-electron chi connectivity index (χ1n) is 4.69. The molecule has 0 aliphatic heterocycles. The zero-order chi connectivity index (χ0) is 11.8. The summed E-state index contributed by atoms with van der Waals surface area (Å²) in [6.45, 7) is 1.92. The number of nitrogens with one attached hydrogen (secondary N) is 1. The summed E-state index contributed by atoms with van der Waals surface area (Å²) in [5, 5.41) is 2.69. The van der Waals surface area contributed by atoms with Crippen LogP contribution in [0, 0.1) is 0 Å². The van der Waals surface area contributed by atoms with Crippen LogP contribution in [0.25, 0.3) is 0 Å². The van der Waals surface area contributed by atoms with E-state index in [2.05, 4.69) is 5.32 Å². The van der Waals surface area contributed by atoms with E-state index < -0.39 is 12.4 Å². The van der Waals surface area contributed by atoms with Crippen LogP contribution in [0.3, 0.4) is 0 Å². The zero-order valence-corrected chi connectivity index (χ0v) is 9.65. The number of carbonyl (C=O) groups is 1. The van der Waals surface area contributed by atoms with E-state index in [0.717, 1.165) is 0 Å². The number of nitrogens with two attached hydrogens (primary N) is 1. The molecule has 0 saturated heterocycles. The molecule has 0 aromatic heterocycles. The fraction of sp³-hybridized carbons (Fsp3) is 0.889. The van der Waals surface area contributed by atoms with Gasteiger partial charge >= 0.3 is 0 Å². The second-order valence-electron chi connectivity index (χ2n) is 3.10. The van der Waals surface area contributed by atoms with E-state index in [1.54, 1.807) is 6.92 Å². The summed E-state index contributed by atoms with van der Waals surface area (Å²) in [6.07, 6.45) is -1.12. The topological polar surface area (TPSA) is 82.8 Å². The highest BCUT2D eigenvalue weighted by Crippen LogP contribution is 1.99. The van der Waals surface area contributed by atoms with Gasteiger partial charge in [-0.3, -0.25) is 4.79 Å². The summed E-state index contributed by atoms with van der Waals surface area (Å²) in [6, 6.07) is -0.267. The normalized spacial score (nSPS) is 15.1. The molecule has 0 rings (SSSR count). The van der Waals surface area contributed by atoms with Gasteiger partial charge in [0.15, 0.2) is 6.29 Å². The Morgan fingerprint density at radius 3 is 2.13 bits per heavy atom. The number of methoxy groups -OCH3 is 3. The van der Waals surface area contributed by atoms with E-state index in [1.807, 2.05) is 0 Å². The molecule has 15 heavy (non-hydrogen) atoms. The summed E-state index contributed by atoms with van der Waals surface area (Å²) >= 11 is 0. The lowest BCUT2D eigenvalue weighted by Gasteiger charge is -2.23. The molecule has 0 aromatic rings. The monoisotopic (exact) mass is 220 g/mol. The van der Waals surface area contributed by atoms with Gasteiger partial charge < -0.3 is 25.3 Å². The van der Waals surface area contributed by atoms with Crippen LogP contribution in [0.2, 0.25) is 0 Å². The minimum atomic E-state index is -0.637. The standard InChI is InChI=1S/C9H20N2O4/c1-6(9(14-3)15-4)11-8(12)7(5-10)13-2/h6-7,9H,5,10H2,1-4H3,(H,11,12). The number of hydrogen-bond donors (Lipinski definition) is 2. The molecule has 0 spiro atoms. The molecular formula is C9H20N2O4. The molecule has 0 aliphatic rings. The molecule has 0 fully saturated rings. The van der Waals surface area contributed by atoms with Crippen molar-refractivity contribution in [2.45, 2.75) is 25.4 Å². The van der Waals surface area contributed by atoms with E-state index in [4.69, 9.17) is 19.9 Å². The minimum absolute atomic E-state index is 0.139. The molecule has 2 unspecified atom stereocenters. The molecule has 90 valence electrons. The third-order valence-electron chi connectivity index (χ3n) is 2.03. The number of carbonyl (C=O) groups excluding carboxylic acids is 1. The van der Waals surface area contributed by atoms with E-state index in [-0.39, 0.29) is 18.5 Å². The predicted octanol–water partition coefficient (Wildman–Crippen LogP) is -0.916. The first-order valence-corrected chi connectivity index (χ1v) is 4.69. The molecule has 0 aliphatic carbocycles. The SMILES string of the molecule is COC(CN)C(=O)NC(C)C(OC)OC. The lowest BCUT2D eigenvalue weighted by molar-refractivity contribution is -0.142. The third kappa shape index (κ3) is 4.57. The van der Waals surface area contributed by atoms with E-state index >= 15 is 0 Å². The van der Waals surface area contributed by atoms with Crippen molar-refractivity contribution in [3.63, 3.8) is 0 Å². The molecule has 2 atom stereocenters. The van der Waals surface area contributed by atoms with Crippen molar-refractivity contribution in [3.05, 3.63) is 0 Å². The number of amides is 1. The summed E-state index contributed by atoms with van der Waals surface area (Å²) in [5.74, 6) is -0.272. The maximum Gasteiger partial charge on any atom is 0.250 e. The number of ether oxygens (including phenoxy) is 3. The van der Waals surface area contributed by atoms with Crippen molar-refractivity contribution in [2.24, 2.45) is 5.73 Å². The van der Waals surface area contributed by atoms with Gasteiger partial charge in [-0.25, -0.2) is 0 Å². The van der Waals surface area contributed by atoms with Crippen molar-refractivity contribution in [2.75, 3.05) is 27.9 Å². The second kappa shape index (κ2) is 7.58. The molecule has 3 N–H and O–H groups in total. The average molecular weight is 220 g/mol. The molecule has 0 saturated carbocycles. The van der Waals surface area contributed by atoms with Gasteiger partial charge in [0.05, 0.1) is 6.04 Å². The van der Waals surface area contributed by atoms with Crippen molar-refractivity contribution < 1.29 is 19.0 Å². The fourth-order valence-corrected chi connectivity index (χ4v) is 1.20. The Balaban J connectivity index is 4.15. The molecule has 0 heterocycles. The third-order valence-corrected chi connectivity index (χ3v) is 2.03. The number of hydrogen-bond acceptors (Lipinski definition) is 5. The summed E-state index contributed by atoms with van der Waals surface area (Å²) in [4.78, 5) is 11.5. The van der Waals surface area contributed by atoms with Gasteiger partial charge in [-0.2, -0.15) is 0 Å². The largest absolute Gasteiger partial charge is 0.370 e. The van der Waals surface area contributed by atoms with Crippen LogP contribution in [0.1, 0.15) is 6.92 Å². The molecule has 1 amide bonds. The molecule has 0 aromatic carbocycles. The molecule has 6 nitrogen and oxygen atoms in total. The lowest BCUT2D eigenvalue weighted by atomic mass is 10.2. The summed E-state index contributed by atoms with van der Waals surface area (Å²) in [7, 11) is 4.45. The summed E-state index contributed by atoms with van der Waals surface area (Å²) in [5.41, 5.74) is 5.35. The Hall–Kier alpha value is -0.690. The van der Waals surface area contributed by atoms with Crippen LogP contribution < -0.4 is 11.1 Å². The first kappa shape index (κ1) is 14.3. The van der Waals surface area contributed by atoms with Crippen LogP contribution in [0.15, 0.2) is 0 Å². The first-order chi connectivity index (χ1) is 7.10. The summed E-state index contributed by atoms with van der Waals surface area (Å²) < 4.78 is 14.9. The second-order valence-corrected chi connectivity index (χ2v) is 3.10. The highest BCUT2D eigenvalue weighted by Gasteiger charge is 2.22. The van der Waals surface area contributed by atoms with Crippen molar-refractivity contribution in [3.8, 4) is 0 Å². The van der Waals surface area contributed by atoms with Crippen LogP contribution in [0.4, 0.5) is 0 Å². The Kier molecular flexibility index (Phi) is 7.23. The van der Waals surface area contributed by atoms with Gasteiger partial charge in [-0.1, -0.05) is 0 Å². The highest BCUT2D eigenvalue weighted by molar-refractivity contribution is 5.81. The van der Waals surface area contributed by atoms with Gasteiger partial charge in [-0.15, -0.1) is 0 Å². The Labute approximate surface area is 90.1 Å². The average Bonchev–Trinajstić information content (AvgIpc) is 2.21. The number of rotatable bonds is 7. The van der Waals surface area contributed by atoms with E-state index in [9.17, 15) is 4.79 Å². The molecule has 0 bridgehead atoms. The Bertz CT molecular complexity index is 181. The van der Waals surface area contributed by atoms with Crippen molar-refractivity contribution in [1.29, 1.82) is 0 Å². The van der Waals surface area contributed by atoms with Gasteiger partial charge in [0.1, 0.15) is 6.10 Å². The smallest absolute Gasteiger partial charge is 0.250 e. The van der Waals surface area contributed by atoms with Crippen LogP contribution in [-0.2, 0) is 19.0 Å². The van der Waals surface area contributed by atoms with Gasteiger partial charge in [0, 0.05) is 27.9 Å². The zero-order valence-electron chi connectivity index (χ0n) is 9.65. The molecular weight excluding hydrogens is 200 g/mol. The minimum Gasteiger partial charge on any atom is -0.370 e.